The molecule has 0 spiro atoms. The number of amides is 1. The van der Waals surface area contributed by atoms with E-state index in [9.17, 15) is 4.79 Å². The van der Waals surface area contributed by atoms with Crippen molar-refractivity contribution in [2.24, 2.45) is 0 Å². The fourth-order valence-corrected chi connectivity index (χ4v) is 3.52. The number of carbonyl (C=O) groups excluding carboxylic acids is 1. The highest BCUT2D eigenvalue weighted by molar-refractivity contribution is 7.19. The summed E-state index contributed by atoms with van der Waals surface area (Å²) in [6.45, 7) is 3.27. The summed E-state index contributed by atoms with van der Waals surface area (Å²) in [6.07, 6.45) is 4.27. The van der Waals surface area contributed by atoms with Crippen molar-refractivity contribution in [3.63, 3.8) is 0 Å². The Balaban J connectivity index is 1.71. The summed E-state index contributed by atoms with van der Waals surface area (Å²) < 4.78 is 1.11. The molecule has 3 rings (SSSR count). The monoisotopic (exact) mass is 361 g/mol. The van der Waals surface area contributed by atoms with Crippen molar-refractivity contribution in [3.05, 3.63) is 70.7 Å². The van der Waals surface area contributed by atoms with Crippen molar-refractivity contribution in [1.29, 1.82) is 5.26 Å². The van der Waals surface area contributed by atoms with Gasteiger partial charge < -0.3 is 4.90 Å². The van der Waals surface area contributed by atoms with Gasteiger partial charge in [0.15, 0.2) is 0 Å². The van der Waals surface area contributed by atoms with Crippen LogP contribution in [-0.2, 0) is 11.3 Å². The van der Waals surface area contributed by atoms with Gasteiger partial charge in [-0.2, -0.15) is 5.26 Å². The van der Waals surface area contributed by atoms with E-state index >= 15 is 0 Å². The zero-order valence-electron chi connectivity index (χ0n) is 14.6. The van der Waals surface area contributed by atoms with Gasteiger partial charge in [-0.15, -0.1) is 11.3 Å². The van der Waals surface area contributed by atoms with Crippen LogP contribution in [0.4, 0.5) is 0 Å². The van der Waals surface area contributed by atoms with Crippen molar-refractivity contribution >= 4 is 33.5 Å². The molecule has 0 unspecified atom stereocenters. The van der Waals surface area contributed by atoms with E-state index in [1.807, 2.05) is 41.3 Å². The summed E-state index contributed by atoms with van der Waals surface area (Å²) in [4.78, 5) is 18.9. The first-order valence-electron chi connectivity index (χ1n) is 8.51. The van der Waals surface area contributed by atoms with Gasteiger partial charge in [-0.25, -0.2) is 4.98 Å². The van der Waals surface area contributed by atoms with Crippen molar-refractivity contribution in [2.45, 2.75) is 19.9 Å². The Hall–Kier alpha value is -2.97. The normalized spacial score (nSPS) is 10.9. The number of nitriles is 1. The van der Waals surface area contributed by atoms with Gasteiger partial charge in [-0.3, -0.25) is 4.79 Å². The number of rotatable bonds is 6. The Labute approximate surface area is 157 Å². The average molecular weight is 361 g/mol. The molecule has 0 N–H and O–H groups in total. The summed E-state index contributed by atoms with van der Waals surface area (Å²) in [6, 6.07) is 17.4. The van der Waals surface area contributed by atoms with Crippen LogP contribution in [0.3, 0.4) is 0 Å². The lowest BCUT2D eigenvalue weighted by molar-refractivity contribution is -0.126. The third-order valence-corrected chi connectivity index (χ3v) is 4.94. The van der Waals surface area contributed by atoms with E-state index in [0.29, 0.717) is 18.7 Å². The molecule has 0 saturated carbocycles. The second kappa shape index (κ2) is 8.41. The molecule has 0 aliphatic carbocycles. The summed E-state index contributed by atoms with van der Waals surface area (Å²) in [5, 5.41) is 9.71. The maximum Gasteiger partial charge on any atom is 0.246 e. The molecular weight excluding hydrogens is 342 g/mol. The lowest BCUT2D eigenvalue weighted by Crippen LogP contribution is -2.29. The minimum atomic E-state index is -0.0320. The Bertz CT molecular complexity index is 934. The molecule has 0 bridgehead atoms. The molecule has 1 heterocycles. The number of nitrogens with zero attached hydrogens (tertiary/aromatic N) is 3. The van der Waals surface area contributed by atoms with Crippen LogP contribution in [0.5, 0.6) is 0 Å². The van der Waals surface area contributed by atoms with Crippen molar-refractivity contribution in [3.8, 4) is 6.07 Å². The van der Waals surface area contributed by atoms with Gasteiger partial charge in [0, 0.05) is 19.2 Å². The molecule has 2 aromatic carbocycles. The summed E-state index contributed by atoms with van der Waals surface area (Å²) in [5.41, 5.74) is 2.59. The van der Waals surface area contributed by atoms with Crippen LogP contribution < -0.4 is 0 Å². The standard InChI is InChI=1S/C21H19N3OS/c1-2-13-24(15-17-9-7-16(14-22)8-10-17)21(25)12-11-20-23-18-5-3-4-6-19(18)26-20/h3-12H,2,13,15H2,1H3/b12-11+. The molecule has 0 aliphatic heterocycles. The zero-order chi connectivity index (χ0) is 18.4. The van der Waals surface area contributed by atoms with Crippen LogP contribution in [0.25, 0.3) is 16.3 Å². The minimum Gasteiger partial charge on any atom is -0.335 e. The van der Waals surface area contributed by atoms with Gasteiger partial charge >= 0.3 is 0 Å². The summed E-state index contributed by atoms with van der Waals surface area (Å²) in [7, 11) is 0. The molecule has 0 radical (unpaired) electrons. The molecule has 1 amide bonds. The third kappa shape index (κ3) is 4.35. The largest absolute Gasteiger partial charge is 0.335 e. The van der Waals surface area contributed by atoms with Gasteiger partial charge in [0.25, 0.3) is 0 Å². The lowest BCUT2D eigenvalue weighted by atomic mass is 10.1. The van der Waals surface area contributed by atoms with Gasteiger partial charge in [0.2, 0.25) is 5.91 Å². The molecule has 0 atom stereocenters. The van der Waals surface area contributed by atoms with Crippen LogP contribution in [0.2, 0.25) is 0 Å². The summed E-state index contributed by atoms with van der Waals surface area (Å²) in [5.74, 6) is -0.0320. The maximum absolute atomic E-state index is 12.6. The molecule has 4 nitrogen and oxygen atoms in total. The number of thiazole rings is 1. The fourth-order valence-electron chi connectivity index (χ4n) is 2.65. The van der Waals surface area contributed by atoms with Crippen LogP contribution in [0.15, 0.2) is 54.6 Å². The molecular formula is C21H19N3OS. The first-order valence-corrected chi connectivity index (χ1v) is 9.33. The highest BCUT2D eigenvalue weighted by Crippen LogP contribution is 2.22. The molecule has 0 aliphatic rings. The van der Waals surface area contributed by atoms with Crippen LogP contribution >= 0.6 is 11.3 Å². The second-order valence-corrected chi connectivity index (χ2v) is 6.98. The number of hydrogen-bond acceptors (Lipinski definition) is 4. The molecule has 0 saturated heterocycles. The number of para-hydroxylation sites is 1. The van der Waals surface area contributed by atoms with Gasteiger partial charge in [-0.05, 0) is 42.3 Å². The van der Waals surface area contributed by atoms with E-state index in [-0.39, 0.29) is 5.91 Å². The Morgan fingerprint density at radius 2 is 2.00 bits per heavy atom. The van der Waals surface area contributed by atoms with Crippen molar-refractivity contribution < 1.29 is 4.79 Å². The van der Waals surface area contributed by atoms with Crippen LogP contribution in [0.1, 0.15) is 29.5 Å². The molecule has 0 fully saturated rings. The van der Waals surface area contributed by atoms with Crippen molar-refractivity contribution in [2.75, 3.05) is 6.54 Å². The van der Waals surface area contributed by atoms with Crippen molar-refractivity contribution in [1.82, 2.24) is 9.88 Å². The predicted molar refractivity (Wildman–Crippen MR) is 106 cm³/mol. The number of benzene rings is 2. The Kier molecular flexibility index (Phi) is 5.77. The molecule has 5 heteroatoms. The molecule has 26 heavy (non-hydrogen) atoms. The van der Waals surface area contributed by atoms with E-state index in [1.165, 1.54) is 0 Å². The molecule has 3 aromatic rings. The fraction of sp³-hybridized carbons (Fsp3) is 0.190. The Morgan fingerprint density at radius 3 is 2.69 bits per heavy atom. The van der Waals surface area contributed by atoms with E-state index in [4.69, 9.17) is 5.26 Å². The van der Waals surface area contributed by atoms with E-state index < -0.39 is 0 Å². The first-order chi connectivity index (χ1) is 12.7. The quantitative estimate of drug-likeness (QED) is 0.602. The van der Waals surface area contributed by atoms with E-state index in [0.717, 1.165) is 27.2 Å². The van der Waals surface area contributed by atoms with Crippen LogP contribution in [0, 0.1) is 11.3 Å². The van der Waals surface area contributed by atoms with Gasteiger partial charge in [0.1, 0.15) is 5.01 Å². The highest BCUT2D eigenvalue weighted by atomic mass is 32.1. The number of hydrogen-bond donors (Lipinski definition) is 0. The van der Waals surface area contributed by atoms with Gasteiger partial charge in [0.05, 0.1) is 21.8 Å². The Morgan fingerprint density at radius 1 is 1.23 bits per heavy atom. The topological polar surface area (TPSA) is 57.0 Å². The number of fused-ring (bicyclic) bond motifs is 1. The van der Waals surface area contributed by atoms with E-state index in [2.05, 4.69) is 18.0 Å². The molecule has 130 valence electrons. The van der Waals surface area contributed by atoms with Gasteiger partial charge in [-0.1, -0.05) is 31.2 Å². The van der Waals surface area contributed by atoms with E-state index in [1.54, 1.807) is 35.6 Å². The third-order valence-electron chi connectivity index (χ3n) is 3.94. The SMILES string of the molecule is CCCN(Cc1ccc(C#N)cc1)C(=O)/C=C/c1nc2ccccc2s1. The number of carbonyl (C=O) groups is 1. The number of aromatic nitrogens is 1. The smallest absolute Gasteiger partial charge is 0.246 e. The predicted octanol–water partition coefficient (Wildman–Crippen LogP) is 4.62. The second-order valence-electron chi connectivity index (χ2n) is 5.92. The van der Waals surface area contributed by atoms with Crippen LogP contribution in [-0.4, -0.2) is 22.3 Å². The zero-order valence-corrected chi connectivity index (χ0v) is 15.4. The minimum absolute atomic E-state index is 0.0320. The maximum atomic E-state index is 12.6. The highest BCUT2D eigenvalue weighted by Gasteiger charge is 2.11. The average Bonchev–Trinajstić information content (AvgIpc) is 3.09. The summed E-state index contributed by atoms with van der Waals surface area (Å²) >= 11 is 1.57. The molecule has 1 aromatic heterocycles. The lowest BCUT2D eigenvalue weighted by Gasteiger charge is -2.20. The first kappa shape index (κ1) is 17.8.